The SMILES string of the molecule is COc1ccc(OC)c([C@@H](C)NC(=O)c2ccc(C)cc2C)c1. The lowest BCUT2D eigenvalue weighted by Crippen LogP contribution is -2.27. The van der Waals surface area contributed by atoms with E-state index in [1.807, 2.05) is 57.2 Å². The van der Waals surface area contributed by atoms with E-state index in [-0.39, 0.29) is 11.9 Å². The fraction of sp³-hybridized carbons (Fsp3) is 0.316. The highest BCUT2D eigenvalue weighted by Crippen LogP contribution is 2.29. The van der Waals surface area contributed by atoms with Gasteiger partial charge in [-0.05, 0) is 50.6 Å². The topological polar surface area (TPSA) is 47.6 Å². The molecule has 0 saturated heterocycles. The lowest BCUT2D eigenvalue weighted by molar-refractivity contribution is 0.0939. The van der Waals surface area contributed by atoms with Crippen molar-refractivity contribution in [1.29, 1.82) is 0 Å². The molecule has 0 fully saturated rings. The Balaban J connectivity index is 2.24. The molecule has 0 aromatic heterocycles. The summed E-state index contributed by atoms with van der Waals surface area (Å²) in [5.41, 5.74) is 3.67. The van der Waals surface area contributed by atoms with Crippen LogP contribution in [-0.4, -0.2) is 20.1 Å². The van der Waals surface area contributed by atoms with Crippen LogP contribution in [0.4, 0.5) is 0 Å². The zero-order valence-corrected chi connectivity index (χ0v) is 14.3. The first-order valence-electron chi connectivity index (χ1n) is 7.56. The van der Waals surface area contributed by atoms with E-state index in [9.17, 15) is 4.79 Å². The van der Waals surface area contributed by atoms with Crippen molar-refractivity contribution in [1.82, 2.24) is 5.32 Å². The third kappa shape index (κ3) is 3.83. The molecule has 0 unspecified atom stereocenters. The second kappa shape index (κ2) is 7.18. The van der Waals surface area contributed by atoms with Gasteiger partial charge in [-0.2, -0.15) is 0 Å². The Hall–Kier alpha value is -2.49. The summed E-state index contributed by atoms with van der Waals surface area (Å²) in [4.78, 5) is 12.5. The number of ether oxygens (including phenoxy) is 2. The van der Waals surface area contributed by atoms with Crippen LogP contribution in [0.1, 0.15) is 40.0 Å². The number of rotatable bonds is 5. The zero-order valence-electron chi connectivity index (χ0n) is 14.3. The first-order valence-corrected chi connectivity index (χ1v) is 7.56. The zero-order chi connectivity index (χ0) is 17.0. The Morgan fingerprint density at radius 1 is 1.04 bits per heavy atom. The van der Waals surface area contributed by atoms with E-state index in [0.29, 0.717) is 5.56 Å². The van der Waals surface area contributed by atoms with Crippen molar-refractivity contribution < 1.29 is 14.3 Å². The first kappa shape index (κ1) is 16.9. The smallest absolute Gasteiger partial charge is 0.252 e. The van der Waals surface area contributed by atoms with Gasteiger partial charge in [-0.3, -0.25) is 4.79 Å². The Bertz CT molecular complexity index is 710. The van der Waals surface area contributed by atoms with Crippen molar-refractivity contribution in [3.8, 4) is 11.5 Å². The molecule has 1 atom stereocenters. The molecule has 2 rings (SSSR count). The maximum Gasteiger partial charge on any atom is 0.252 e. The van der Waals surface area contributed by atoms with Crippen LogP contribution in [0.25, 0.3) is 0 Å². The van der Waals surface area contributed by atoms with E-state index < -0.39 is 0 Å². The molecule has 2 aromatic carbocycles. The molecule has 0 saturated carbocycles. The summed E-state index contributed by atoms with van der Waals surface area (Å²) in [5, 5.41) is 3.02. The third-order valence-corrected chi connectivity index (χ3v) is 3.88. The lowest BCUT2D eigenvalue weighted by Gasteiger charge is -2.19. The average Bonchev–Trinajstić information content (AvgIpc) is 2.53. The summed E-state index contributed by atoms with van der Waals surface area (Å²) in [6, 6.07) is 11.2. The van der Waals surface area contributed by atoms with Gasteiger partial charge in [0.15, 0.2) is 0 Å². The van der Waals surface area contributed by atoms with E-state index >= 15 is 0 Å². The molecule has 0 aliphatic heterocycles. The van der Waals surface area contributed by atoms with Gasteiger partial charge in [0.1, 0.15) is 11.5 Å². The van der Waals surface area contributed by atoms with Crippen LogP contribution in [0.3, 0.4) is 0 Å². The van der Waals surface area contributed by atoms with Gasteiger partial charge in [-0.1, -0.05) is 17.7 Å². The van der Waals surface area contributed by atoms with Crippen LogP contribution in [0, 0.1) is 13.8 Å². The molecule has 122 valence electrons. The number of amides is 1. The molecule has 0 aliphatic rings. The van der Waals surface area contributed by atoms with E-state index in [4.69, 9.17) is 9.47 Å². The van der Waals surface area contributed by atoms with Gasteiger partial charge in [0.2, 0.25) is 0 Å². The van der Waals surface area contributed by atoms with Gasteiger partial charge in [-0.25, -0.2) is 0 Å². The predicted octanol–water partition coefficient (Wildman–Crippen LogP) is 3.81. The molecular formula is C19H23NO3. The van der Waals surface area contributed by atoms with Crippen molar-refractivity contribution in [3.05, 3.63) is 58.7 Å². The summed E-state index contributed by atoms with van der Waals surface area (Å²) in [5.74, 6) is 1.35. The summed E-state index contributed by atoms with van der Waals surface area (Å²) >= 11 is 0. The lowest BCUT2D eigenvalue weighted by atomic mass is 10.0. The van der Waals surface area contributed by atoms with Crippen LogP contribution in [0.2, 0.25) is 0 Å². The van der Waals surface area contributed by atoms with E-state index in [2.05, 4.69) is 5.32 Å². The Kier molecular flexibility index (Phi) is 5.27. The maximum absolute atomic E-state index is 12.5. The molecule has 0 radical (unpaired) electrons. The Morgan fingerprint density at radius 2 is 1.78 bits per heavy atom. The summed E-state index contributed by atoms with van der Waals surface area (Å²) < 4.78 is 10.6. The molecule has 0 bridgehead atoms. The molecule has 1 amide bonds. The summed E-state index contributed by atoms with van der Waals surface area (Å²) in [7, 11) is 3.23. The first-order chi connectivity index (χ1) is 11.0. The molecule has 0 spiro atoms. The van der Waals surface area contributed by atoms with Crippen molar-refractivity contribution >= 4 is 5.91 Å². The molecule has 1 N–H and O–H groups in total. The van der Waals surface area contributed by atoms with Crippen LogP contribution in [-0.2, 0) is 0 Å². The minimum absolute atomic E-state index is 0.0973. The molecule has 4 nitrogen and oxygen atoms in total. The van der Waals surface area contributed by atoms with E-state index in [0.717, 1.165) is 28.2 Å². The number of carbonyl (C=O) groups excluding carboxylic acids is 1. The minimum atomic E-state index is -0.201. The van der Waals surface area contributed by atoms with Gasteiger partial charge >= 0.3 is 0 Å². The van der Waals surface area contributed by atoms with Gasteiger partial charge in [0.25, 0.3) is 5.91 Å². The number of methoxy groups -OCH3 is 2. The van der Waals surface area contributed by atoms with Gasteiger partial charge < -0.3 is 14.8 Å². The number of hydrogen-bond acceptors (Lipinski definition) is 3. The van der Waals surface area contributed by atoms with E-state index in [1.165, 1.54) is 0 Å². The molecule has 0 heterocycles. The minimum Gasteiger partial charge on any atom is -0.497 e. The highest BCUT2D eigenvalue weighted by molar-refractivity contribution is 5.96. The fourth-order valence-electron chi connectivity index (χ4n) is 2.60. The number of hydrogen-bond donors (Lipinski definition) is 1. The molecular weight excluding hydrogens is 290 g/mol. The summed E-state index contributed by atoms with van der Waals surface area (Å²) in [6.45, 7) is 5.88. The van der Waals surface area contributed by atoms with Crippen LogP contribution in [0.5, 0.6) is 11.5 Å². The van der Waals surface area contributed by atoms with Gasteiger partial charge in [0.05, 0.1) is 20.3 Å². The average molecular weight is 313 g/mol. The van der Waals surface area contributed by atoms with Crippen LogP contribution < -0.4 is 14.8 Å². The monoisotopic (exact) mass is 313 g/mol. The van der Waals surface area contributed by atoms with Crippen LogP contribution in [0.15, 0.2) is 36.4 Å². The maximum atomic E-state index is 12.5. The Labute approximate surface area is 137 Å². The standard InChI is InChI=1S/C19H23NO3/c1-12-6-8-16(13(2)10-12)19(21)20-14(3)17-11-15(22-4)7-9-18(17)23-5/h6-11,14H,1-5H3,(H,20,21)/t14-/m1/s1. The van der Waals surface area contributed by atoms with E-state index in [1.54, 1.807) is 14.2 Å². The number of benzene rings is 2. The molecule has 0 aliphatic carbocycles. The van der Waals surface area contributed by atoms with Crippen molar-refractivity contribution in [2.24, 2.45) is 0 Å². The molecule has 23 heavy (non-hydrogen) atoms. The van der Waals surface area contributed by atoms with Gasteiger partial charge in [-0.15, -0.1) is 0 Å². The summed E-state index contributed by atoms with van der Waals surface area (Å²) in [6.07, 6.45) is 0. The number of aryl methyl sites for hydroxylation is 2. The van der Waals surface area contributed by atoms with Crippen molar-refractivity contribution in [2.45, 2.75) is 26.8 Å². The second-order valence-electron chi connectivity index (χ2n) is 5.62. The normalized spacial score (nSPS) is 11.7. The second-order valence-corrected chi connectivity index (χ2v) is 5.62. The molecule has 2 aromatic rings. The van der Waals surface area contributed by atoms with Crippen molar-refractivity contribution in [2.75, 3.05) is 14.2 Å². The Morgan fingerprint density at radius 3 is 2.39 bits per heavy atom. The molecule has 4 heteroatoms. The highest BCUT2D eigenvalue weighted by Gasteiger charge is 2.17. The van der Waals surface area contributed by atoms with Gasteiger partial charge in [0, 0.05) is 11.1 Å². The highest BCUT2D eigenvalue weighted by atomic mass is 16.5. The number of carbonyl (C=O) groups is 1. The number of nitrogens with one attached hydrogen (secondary N) is 1. The predicted molar refractivity (Wildman–Crippen MR) is 91.3 cm³/mol. The fourth-order valence-corrected chi connectivity index (χ4v) is 2.60. The third-order valence-electron chi connectivity index (χ3n) is 3.88. The van der Waals surface area contributed by atoms with Crippen LogP contribution >= 0.6 is 0 Å². The largest absolute Gasteiger partial charge is 0.497 e. The quantitative estimate of drug-likeness (QED) is 0.913. The van der Waals surface area contributed by atoms with Crippen molar-refractivity contribution in [3.63, 3.8) is 0 Å².